The fraction of sp³-hybridized carbons (Fsp3) is 0.200. The lowest BCUT2D eigenvalue weighted by atomic mass is 10.3. The van der Waals surface area contributed by atoms with Crippen LogP contribution in [0.1, 0.15) is 0 Å². The van der Waals surface area contributed by atoms with E-state index in [9.17, 15) is 4.79 Å². The van der Waals surface area contributed by atoms with Crippen molar-refractivity contribution in [1.29, 1.82) is 0 Å². The number of oxime groups is 1. The Morgan fingerprint density at radius 1 is 1.59 bits per heavy atom. The lowest BCUT2D eigenvalue weighted by molar-refractivity contribution is 0.253. The molecule has 0 atom stereocenters. The summed E-state index contributed by atoms with van der Waals surface area (Å²) in [6, 6.07) is 6.44. The van der Waals surface area contributed by atoms with Crippen LogP contribution >= 0.6 is 0 Å². The van der Waals surface area contributed by atoms with E-state index >= 15 is 0 Å². The Hall–Kier alpha value is -2.44. The van der Waals surface area contributed by atoms with Crippen LogP contribution < -0.4 is 21.1 Å². The Labute approximate surface area is 98.2 Å². The van der Waals surface area contributed by atoms with E-state index in [4.69, 9.17) is 15.7 Å². The number of ether oxygens (including phenoxy) is 1. The Kier molecular flexibility index (Phi) is 4.61. The van der Waals surface area contributed by atoms with Crippen LogP contribution in [0.3, 0.4) is 0 Å². The molecule has 1 aromatic carbocycles. The zero-order valence-corrected chi connectivity index (χ0v) is 9.30. The van der Waals surface area contributed by atoms with Crippen LogP contribution in [-0.4, -0.2) is 30.7 Å². The molecule has 0 aromatic heterocycles. The van der Waals surface area contributed by atoms with Gasteiger partial charge in [-0.05, 0) is 12.1 Å². The highest BCUT2D eigenvalue weighted by Gasteiger charge is 2.03. The molecule has 5 N–H and O–H groups in total. The van der Waals surface area contributed by atoms with Gasteiger partial charge < -0.3 is 26.3 Å². The summed E-state index contributed by atoms with van der Waals surface area (Å²) in [5.74, 6) is 0.560. The maximum atomic E-state index is 11.4. The van der Waals surface area contributed by atoms with Crippen molar-refractivity contribution in [2.45, 2.75) is 0 Å². The molecule has 2 amide bonds. The van der Waals surface area contributed by atoms with Gasteiger partial charge >= 0.3 is 6.03 Å². The second kappa shape index (κ2) is 6.21. The van der Waals surface area contributed by atoms with E-state index in [1.54, 1.807) is 24.3 Å². The molecule has 1 rings (SSSR count). The topological polar surface area (TPSA) is 109 Å². The van der Waals surface area contributed by atoms with Gasteiger partial charge in [0.05, 0.1) is 13.7 Å². The number of urea groups is 1. The molecular formula is C10H14N4O3. The molecule has 0 fully saturated rings. The third kappa shape index (κ3) is 4.29. The number of rotatable bonds is 4. The first-order valence-corrected chi connectivity index (χ1v) is 4.81. The molecule has 1 aromatic rings. The van der Waals surface area contributed by atoms with Gasteiger partial charge in [0.1, 0.15) is 5.75 Å². The van der Waals surface area contributed by atoms with Crippen LogP contribution in [0.15, 0.2) is 29.4 Å². The van der Waals surface area contributed by atoms with Crippen LogP contribution in [0.2, 0.25) is 0 Å². The largest absolute Gasteiger partial charge is 0.497 e. The number of hydrogen-bond acceptors (Lipinski definition) is 4. The first-order valence-electron chi connectivity index (χ1n) is 4.81. The molecule has 0 saturated heterocycles. The van der Waals surface area contributed by atoms with Crippen molar-refractivity contribution < 1.29 is 14.7 Å². The number of carbonyl (C=O) groups is 1. The average molecular weight is 238 g/mol. The highest BCUT2D eigenvalue weighted by atomic mass is 16.5. The van der Waals surface area contributed by atoms with Gasteiger partial charge in [0.25, 0.3) is 0 Å². The summed E-state index contributed by atoms with van der Waals surface area (Å²) in [5.41, 5.74) is 5.78. The first kappa shape index (κ1) is 12.6. The van der Waals surface area contributed by atoms with E-state index in [1.165, 1.54) is 7.11 Å². The lowest BCUT2D eigenvalue weighted by Gasteiger charge is -2.07. The Morgan fingerprint density at radius 3 is 3.00 bits per heavy atom. The van der Waals surface area contributed by atoms with Crippen molar-refractivity contribution in [3.8, 4) is 5.75 Å². The third-order valence-corrected chi connectivity index (χ3v) is 1.89. The van der Waals surface area contributed by atoms with E-state index < -0.39 is 6.03 Å². The van der Waals surface area contributed by atoms with Crippen molar-refractivity contribution >= 4 is 17.6 Å². The maximum Gasteiger partial charge on any atom is 0.319 e. The fourth-order valence-corrected chi connectivity index (χ4v) is 1.08. The van der Waals surface area contributed by atoms with Gasteiger partial charge in [0, 0.05) is 11.8 Å². The number of carbonyl (C=O) groups excluding carboxylic acids is 1. The molecule has 92 valence electrons. The van der Waals surface area contributed by atoms with Crippen molar-refractivity contribution in [3.63, 3.8) is 0 Å². The van der Waals surface area contributed by atoms with E-state index in [-0.39, 0.29) is 12.4 Å². The normalized spacial score (nSPS) is 10.8. The standard InChI is InChI=1S/C10H14N4O3/c1-17-8-4-2-3-7(5-8)13-10(15)12-6-9(11)14-16/h2-5,16H,6H2,1H3,(H2,11,14)(H2,12,13,15). The molecule has 0 radical (unpaired) electrons. The maximum absolute atomic E-state index is 11.4. The molecule has 7 nitrogen and oxygen atoms in total. The predicted molar refractivity (Wildman–Crippen MR) is 63.4 cm³/mol. The molecule has 7 heteroatoms. The van der Waals surface area contributed by atoms with Crippen LogP contribution in [0.25, 0.3) is 0 Å². The number of hydrogen-bond donors (Lipinski definition) is 4. The molecule has 17 heavy (non-hydrogen) atoms. The van der Waals surface area contributed by atoms with Crippen LogP contribution in [-0.2, 0) is 0 Å². The van der Waals surface area contributed by atoms with Crippen LogP contribution in [0, 0.1) is 0 Å². The molecule has 0 bridgehead atoms. The molecule has 0 heterocycles. The number of nitrogens with two attached hydrogens (primary N) is 1. The monoisotopic (exact) mass is 238 g/mol. The van der Waals surface area contributed by atoms with E-state index in [2.05, 4.69) is 15.8 Å². The van der Waals surface area contributed by atoms with Crippen molar-refractivity contribution in [1.82, 2.24) is 5.32 Å². The smallest absolute Gasteiger partial charge is 0.319 e. The summed E-state index contributed by atoms with van der Waals surface area (Å²) in [6.45, 7) is -0.0354. The summed E-state index contributed by atoms with van der Waals surface area (Å²) in [6.07, 6.45) is 0. The quantitative estimate of drug-likeness (QED) is 0.266. The molecule has 0 aliphatic carbocycles. The van der Waals surface area contributed by atoms with Gasteiger partial charge in [0.2, 0.25) is 0 Å². The van der Waals surface area contributed by atoms with Crippen LogP contribution in [0.4, 0.5) is 10.5 Å². The number of amides is 2. The van der Waals surface area contributed by atoms with Gasteiger partial charge in [-0.1, -0.05) is 11.2 Å². The van der Waals surface area contributed by atoms with E-state index in [0.717, 1.165) is 0 Å². The Balaban J connectivity index is 2.50. The highest BCUT2D eigenvalue weighted by Crippen LogP contribution is 2.16. The van der Waals surface area contributed by atoms with Crippen molar-refractivity contribution in [3.05, 3.63) is 24.3 Å². The predicted octanol–water partition coefficient (Wildman–Crippen LogP) is 0.563. The first-order chi connectivity index (χ1) is 8.15. The molecule has 0 spiro atoms. The number of nitrogens with one attached hydrogen (secondary N) is 2. The van der Waals surface area contributed by atoms with Gasteiger partial charge in [-0.2, -0.15) is 0 Å². The number of methoxy groups -OCH3 is 1. The average Bonchev–Trinajstić information content (AvgIpc) is 2.36. The number of amidine groups is 1. The summed E-state index contributed by atoms with van der Waals surface area (Å²) in [5, 5.41) is 16.0. The number of benzene rings is 1. The van der Waals surface area contributed by atoms with Crippen LogP contribution in [0.5, 0.6) is 5.75 Å². The molecule has 0 aliphatic heterocycles. The van der Waals surface area contributed by atoms with E-state index in [1.807, 2.05) is 0 Å². The van der Waals surface area contributed by atoms with Gasteiger partial charge in [-0.15, -0.1) is 0 Å². The molecule has 0 aliphatic rings. The number of nitrogens with zero attached hydrogens (tertiary/aromatic N) is 1. The van der Waals surface area contributed by atoms with Crippen molar-refractivity contribution in [2.24, 2.45) is 10.9 Å². The number of anilines is 1. The van der Waals surface area contributed by atoms with Crippen molar-refractivity contribution in [2.75, 3.05) is 19.0 Å². The zero-order chi connectivity index (χ0) is 12.7. The molecule has 0 saturated carbocycles. The van der Waals surface area contributed by atoms with Gasteiger partial charge in [-0.3, -0.25) is 0 Å². The minimum Gasteiger partial charge on any atom is -0.497 e. The van der Waals surface area contributed by atoms with Gasteiger partial charge in [0.15, 0.2) is 5.84 Å². The summed E-state index contributed by atoms with van der Waals surface area (Å²) < 4.78 is 5.01. The fourth-order valence-electron chi connectivity index (χ4n) is 1.08. The molecular weight excluding hydrogens is 224 g/mol. The Bertz CT molecular complexity index is 420. The summed E-state index contributed by atoms with van der Waals surface area (Å²) in [7, 11) is 1.54. The second-order valence-corrected chi connectivity index (χ2v) is 3.13. The summed E-state index contributed by atoms with van der Waals surface area (Å²) in [4.78, 5) is 11.4. The SMILES string of the molecule is COc1cccc(NC(=O)NC/C(N)=N/O)c1. The second-order valence-electron chi connectivity index (χ2n) is 3.13. The lowest BCUT2D eigenvalue weighted by Crippen LogP contribution is -2.36. The van der Waals surface area contributed by atoms with E-state index in [0.29, 0.717) is 11.4 Å². The molecule has 0 unspecified atom stereocenters. The minimum absolute atomic E-state index is 0.0354. The Morgan fingerprint density at radius 2 is 2.35 bits per heavy atom. The zero-order valence-electron chi connectivity index (χ0n) is 9.30. The summed E-state index contributed by atoms with van der Waals surface area (Å²) >= 11 is 0. The van der Waals surface area contributed by atoms with Gasteiger partial charge in [-0.25, -0.2) is 4.79 Å². The highest BCUT2D eigenvalue weighted by molar-refractivity contribution is 5.93. The third-order valence-electron chi connectivity index (χ3n) is 1.89. The minimum atomic E-state index is -0.454.